The molecule has 1 amide bonds. The summed E-state index contributed by atoms with van der Waals surface area (Å²) in [5.41, 5.74) is 1.10. The minimum atomic E-state index is 0. The molecule has 2 atom stereocenters. The van der Waals surface area contributed by atoms with E-state index >= 15 is 0 Å². The topological polar surface area (TPSA) is 32.3 Å². The molecule has 1 saturated heterocycles. The molecule has 2 saturated carbocycles. The van der Waals surface area contributed by atoms with Gasteiger partial charge < -0.3 is 10.2 Å². The minimum Gasteiger partial charge on any atom is -0.342 e. The fourth-order valence-corrected chi connectivity index (χ4v) is 4.36. The number of nitrogens with zero attached hydrogens (tertiary/aromatic N) is 1. The predicted molar refractivity (Wildman–Crippen MR) is 105 cm³/mol. The molecule has 2 unspecified atom stereocenters. The van der Waals surface area contributed by atoms with Gasteiger partial charge in [0.05, 0.1) is 0 Å². The van der Waals surface area contributed by atoms with Crippen LogP contribution in [0.5, 0.6) is 0 Å². The average molecular weight is 404 g/mol. The van der Waals surface area contributed by atoms with Gasteiger partial charge in [0.2, 0.25) is 5.91 Å². The smallest absolute Gasteiger partial charge is 0.226 e. The molecule has 0 aromatic heterocycles. The Morgan fingerprint density at radius 1 is 1.08 bits per heavy atom. The van der Waals surface area contributed by atoms with Gasteiger partial charge in [-0.3, -0.25) is 4.79 Å². The van der Waals surface area contributed by atoms with Gasteiger partial charge in [-0.25, -0.2) is 0 Å². The summed E-state index contributed by atoms with van der Waals surface area (Å²) in [7, 11) is 0. The third-order valence-corrected chi connectivity index (χ3v) is 6.06. The fraction of sp³-hybridized carbons (Fsp3) is 0.632. The SMILES string of the molecule is Cl.O=C(C1CC1c1cc(Cl)cc(Cl)c1)N1CCC(NCC2CC2)CC1. The Labute approximate surface area is 165 Å². The second-order valence-electron chi connectivity index (χ2n) is 7.60. The van der Waals surface area contributed by atoms with E-state index in [1.807, 2.05) is 12.1 Å². The molecule has 1 N–H and O–H groups in total. The molecule has 1 aromatic rings. The Kier molecular flexibility index (Phi) is 6.20. The molecule has 1 heterocycles. The Bertz CT molecular complexity index is 607. The molecule has 25 heavy (non-hydrogen) atoms. The highest BCUT2D eigenvalue weighted by atomic mass is 35.5. The first-order chi connectivity index (χ1) is 11.6. The van der Waals surface area contributed by atoms with Crippen LogP contribution in [0.25, 0.3) is 0 Å². The molecule has 3 aliphatic rings. The highest BCUT2D eigenvalue weighted by Gasteiger charge is 2.46. The summed E-state index contributed by atoms with van der Waals surface area (Å²) in [5.74, 6) is 1.65. The summed E-state index contributed by atoms with van der Waals surface area (Å²) in [6, 6.07) is 6.22. The molecule has 2 aliphatic carbocycles. The highest BCUT2D eigenvalue weighted by molar-refractivity contribution is 6.34. The van der Waals surface area contributed by atoms with Crippen LogP contribution in [0.3, 0.4) is 0 Å². The monoisotopic (exact) mass is 402 g/mol. The van der Waals surface area contributed by atoms with Gasteiger partial charge in [-0.1, -0.05) is 23.2 Å². The number of carbonyl (C=O) groups excluding carboxylic acids is 1. The van der Waals surface area contributed by atoms with Gasteiger partial charge in [0.1, 0.15) is 0 Å². The summed E-state index contributed by atoms with van der Waals surface area (Å²) in [6.45, 7) is 2.94. The first kappa shape index (κ1) is 19.3. The van der Waals surface area contributed by atoms with Crippen LogP contribution in [-0.4, -0.2) is 36.5 Å². The fourth-order valence-electron chi connectivity index (χ4n) is 3.82. The maximum Gasteiger partial charge on any atom is 0.226 e. The summed E-state index contributed by atoms with van der Waals surface area (Å²) in [4.78, 5) is 14.8. The van der Waals surface area contributed by atoms with Crippen molar-refractivity contribution < 1.29 is 4.79 Å². The van der Waals surface area contributed by atoms with E-state index < -0.39 is 0 Å². The number of hydrogen-bond donors (Lipinski definition) is 1. The van der Waals surface area contributed by atoms with Crippen LogP contribution in [0, 0.1) is 11.8 Å². The number of halogens is 3. The minimum absolute atomic E-state index is 0. The van der Waals surface area contributed by atoms with Gasteiger partial charge in [-0.15, -0.1) is 12.4 Å². The molecule has 0 spiro atoms. The zero-order valence-corrected chi connectivity index (χ0v) is 16.5. The van der Waals surface area contributed by atoms with E-state index in [0.717, 1.165) is 43.8 Å². The lowest BCUT2D eigenvalue weighted by Crippen LogP contribution is -2.46. The standard InChI is InChI=1S/C19H24Cl2N2O.ClH/c20-14-7-13(8-15(21)9-14)17-10-18(17)19(24)23-5-3-16(4-6-23)22-11-12-1-2-12;/h7-9,12,16-18,22H,1-6,10-11H2;1H. The van der Waals surface area contributed by atoms with Crippen LogP contribution in [0.4, 0.5) is 0 Å². The van der Waals surface area contributed by atoms with Crippen LogP contribution in [0.1, 0.15) is 43.6 Å². The number of carbonyl (C=O) groups is 1. The van der Waals surface area contributed by atoms with Gasteiger partial charge in [-0.05, 0) is 74.2 Å². The summed E-state index contributed by atoms with van der Waals surface area (Å²) in [5, 5.41) is 4.97. The lowest BCUT2D eigenvalue weighted by atomic mass is 10.0. The third kappa shape index (κ3) is 4.82. The molecular weight excluding hydrogens is 379 g/mol. The van der Waals surface area contributed by atoms with Crippen LogP contribution in [0.15, 0.2) is 18.2 Å². The number of hydrogen-bond acceptors (Lipinski definition) is 2. The van der Waals surface area contributed by atoms with Crippen molar-refractivity contribution in [2.24, 2.45) is 11.8 Å². The van der Waals surface area contributed by atoms with Crippen molar-refractivity contribution >= 4 is 41.5 Å². The zero-order chi connectivity index (χ0) is 16.7. The largest absolute Gasteiger partial charge is 0.342 e. The molecule has 3 fully saturated rings. The molecule has 138 valence electrons. The Balaban J connectivity index is 0.00000182. The van der Waals surface area contributed by atoms with Crippen molar-refractivity contribution in [3.8, 4) is 0 Å². The molecule has 0 radical (unpaired) electrons. The van der Waals surface area contributed by atoms with Crippen molar-refractivity contribution in [1.82, 2.24) is 10.2 Å². The van der Waals surface area contributed by atoms with Gasteiger partial charge in [0.15, 0.2) is 0 Å². The quantitative estimate of drug-likeness (QED) is 0.784. The number of rotatable bonds is 5. The van der Waals surface area contributed by atoms with Gasteiger partial charge in [-0.2, -0.15) is 0 Å². The van der Waals surface area contributed by atoms with E-state index in [-0.39, 0.29) is 18.3 Å². The van der Waals surface area contributed by atoms with Gasteiger partial charge in [0.25, 0.3) is 0 Å². The second kappa shape index (κ2) is 8.04. The first-order valence-corrected chi connectivity index (χ1v) is 9.84. The van der Waals surface area contributed by atoms with E-state index in [9.17, 15) is 4.79 Å². The van der Waals surface area contributed by atoms with Crippen LogP contribution >= 0.6 is 35.6 Å². The van der Waals surface area contributed by atoms with E-state index in [4.69, 9.17) is 23.2 Å². The van der Waals surface area contributed by atoms with Gasteiger partial charge >= 0.3 is 0 Å². The number of benzene rings is 1. The van der Waals surface area contributed by atoms with Crippen molar-refractivity contribution in [3.05, 3.63) is 33.8 Å². The maximum atomic E-state index is 12.7. The zero-order valence-electron chi connectivity index (χ0n) is 14.2. The average Bonchev–Trinajstić information content (AvgIpc) is 3.46. The molecule has 4 rings (SSSR count). The molecule has 0 bridgehead atoms. The maximum absolute atomic E-state index is 12.7. The van der Waals surface area contributed by atoms with Crippen molar-refractivity contribution in [3.63, 3.8) is 0 Å². The van der Waals surface area contributed by atoms with Crippen molar-refractivity contribution in [2.75, 3.05) is 19.6 Å². The van der Waals surface area contributed by atoms with Crippen LogP contribution < -0.4 is 5.32 Å². The molecular formula is C19H25Cl3N2O. The molecule has 1 aliphatic heterocycles. The van der Waals surface area contributed by atoms with E-state index in [0.29, 0.717) is 27.9 Å². The van der Waals surface area contributed by atoms with Crippen molar-refractivity contribution in [2.45, 2.75) is 44.1 Å². The van der Waals surface area contributed by atoms with Crippen molar-refractivity contribution in [1.29, 1.82) is 0 Å². The second-order valence-corrected chi connectivity index (χ2v) is 8.48. The van der Waals surface area contributed by atoms with E-state index in [1.165, 1.54) is 19.4 Å². The van der Waals surface area contributed by atoms with E-state index in [2.05, 4.69) is 10.2 Å². The number of likely N-dealkylation sites (tertiary alicyclic amines) is 1. The lowest BCUT2D eigenvalue weighted by Gasteiger charge is -2.33. The number of nitrogens with one attached hydrogen (secondary N) is 1. The predicted octanol–water partition coefficient (Wildman–Crippen LogP) is 4.51. The van der Waals surface area contributed by atoms with Gasteiger partial charge in [0, 0.05) is 35.1 Å². The normalized spacial score (nSPS) is 26.2. The summed E-state index contributed by atoms with van der Waals surface area (Å²) < 4.78 is 0. The summed E-state index contributed by atoms with van der Waals surface area (Å²) in [6.07, 6.45) is 5.87. The van der Waals surface area contributed by atoms with Crippen LogP contribution in [0.2, 0.25) is 10.0 Å². The molecule has 1 aromatic carbocycles. The van der Waals surface area contributed by atoms with E-state index in [1.54, 1.807) is 6.07 Å². The van der Waals surface area contributed by atoms with Crippen LogP contribution in [-0.2, 0) is 4.79 Å². The third-order valence-electron chi connectivity index (χ3n) is 5.62. The highest BCUT2D eigenvalue weighted by Crippen LogP contribution is 2.49. The lowest BCUT2D eigenvalue weighted by molar-refractivity contribution is -0.133. The molecule has 3 nitrogen and oxygen atoms in total. The molecule has 6 heteroatoms. The Hall–Kier alpha value is -0.480. The summed E-state index contributed by atoms with van der Waals surface area (Å²) >= 11 is 12.2. The number of piperidine rings is 1. The first-order valence-electron chi connectivity index (χ1n) is 9.08. The number of amides is 1. The Morgan fingerprint density at radius 3 is 2.32 bits per heavy atom. The Morgan fingerprint density at radius 2 is 1.72 bits per heavy atom.